The average Bonchev–Trinajstić information content (AvgIpc) is 3.10. The van der Waals surface area contributed by atoms with Crippen molar-refractivity contribution in [1.82, 2.24) is 19.9 Å². The number of rotatable bonds is 5. The molecule has 0 radical (unpaired) electrons. The first-order chi connectivity index (χ1) is 12.8. The van der Waals surface area contributed by atoms with Crippen LogP contribution in [-0.2, 0) is 22.2 Å². The first kappa shape index (κ1) is 19.3. The minimum Gasteiger partial charge on any atom is -0.376 e. The van der Waals surface area contributed by atoms with Gasteiger partial charge in [-0.25, -0.2) is 4.68 Å². The van der Waals surface area contributed by atoms with Gasteiger partial charge in [-0.15, -0.1) is 5.10 Å². The molecule has 2 aromatic rings. The summed E-state index contributed by atoms with van der Waals surface area (Å²) in [4.78, 5) is 13.9. The van der Waals surface area contributed by atoms with Crippen molar-refractivity contribution in [1.29, 1.82) is 0 Å². The van der Waals surface area contributed by atoms with Gasteiger partial charge in [0.25, 0.3) is 5.91 Å². The maximum atomic E-state index is 12.8. The van der Waals surface area contributed by atoms with Crippen LogP contribution in [0.3, 0.4) is 0 Å². The van der Waals surface area contributed by atoms with Gasteiger partial charge < -0.3 is 14.4 Å². The molecule has 1 fully saturated rings. The van der Waals surface area contributed by atoms with Gasteiger partial charge in [-0.2, -0.15) is 13.2 Å². The SMILES string of the molecule is CN(C[C@H]1COCCO1)C(=O)c1cn(Cc2cccc(C(F)(F)F)c2)nn1. The Balaban J connectivity index is 1.63. The second-order valence-electron chi connectivity index (χ2n) is 6.25. The molecule has 146 valence electrons. The highest BCUT2D eigenvalue weighted by Crippen LogP contribution is 2.29. The second-order valence-corrected chi connectivity index (χ2v) is 6.25. The van der Waals surface area contributed by atoms with Crippen molar-refractivity contribution in [3.8, 4) is 0 Å². The van der Waals surface area contributed by atoms with E-state index in [-0.39, 0.29) is 24.2 Å². The van der Waals surface area contributed by atoms with Gasteiger partial charge in [-0.05, 0) is 17.7 Å². The van der Waals surface area contributed by atoms with Crippen molar-refractivity contribution < 1.29 is 27.4 Å². The number of nitrogens with zero attached hydrogens (tertiary/aromatic N) is 4. The zero-order valence-corrected chi connectivity index (χ0v) is 14.6. The standard InChI is InChI=1S/C17H19F3N4O3/c1-23(9-14-11-26-5-6-27-14)16(25)15-10-24(22-21-15)8-12-3-2-4-13(7-12)17(18,19)20/h2-4,7,10,14H,5-6,8-9,11H2,1H3/t14-/m0/s1. The molecule has 0 saturated carbocycles. The lowest BCUT2D eigenvalue weighted by molar-refractivity contribution is -0.137. The summed E-state index contributed by atoms with van der Waals surface area (Å²) in [5.74, 6) is -0.348. The van der Waals surface area contributed by atoms with Gasteiger partial charge in [0, 0.05) is 13.6 Å². The number of carbonyl (C=O) groups excluding carboxylic acids is 1. The molecule has 1 atom stereocenters. The lowest BCUT2D eigenvalue weighted by Gasteiger charge is -2.27. The number of alkyl halides is 3. The molecule has 1 saturated heterocycles. The Morgan fingerprint density at radius 2 is 2.19 bits per heavy atom. The summed E-state index contributed by atoms with van der Waals surface area (Å²) in [5.41, 5.74) is -0.207. The Morgan fingerprint density at radius 1 is 1.37 bits per heavy atom. The highest BCUT2D eigenvalue weighted by atomic mass is 19.4. The van der Waals surface area contributed by atoms with Crippen LogP contribution in [0.25, 0.3) is 0 Å². The Kier molecular flexibility index (Phi) is 5.76. The van der Waals surface area contributed by atoms with Crippen LogP contribution < -0.4 is 0 Å². The minimum absolute atomic E-state index is 0.0769. The topological polar surface area (TPSA) is 69.5 Å². The van der Waals surface area contributed by atoms with Crippen molar-refractivity contribution >= 4 is 5.91 Å². The number of aromatic nitrogens is 3. The summed E-state index contributed by atoms with van der Waals surface area (Å²) in [7, 11) is 1.62. The number of likely N-dealkylation sites (N-methyl/N-ethyl adjacent to an activating group) is 1. The van der Waals surface area contributed by atoms with Gasteiger partial charge >= 0.3 is 6.18 Å². The summed E-state index contributed by atoms with van der Waals surface area (Å²) < 4.78 is 50.5. The van der Waals surface area contributed by atoms with Crippen molar-refractivity contribution in [2.45, 2.75) is 18.8 Å². The zero-order chi connectivity index (χ0) is 19.4. The predicted molar refractivity (Wildman–Crippen MR) is 88.1 cm³/mol. The van der Waals surface area contributed by atoms with E-state index in [1.54, 1.807) is 13.1 Å². The summed E-state index contributed by atoms with van der Waals surface area (Å²) in [6.45, 7) is 1.87. The molecule has 10 heteroatoms. The second kappa shape index (κ2) is 8.05. The van der Waals surface area contributed by atoms with Crippen LogP contribution in [0.1, 0.15) is 21.6 Å². The van der Waals surface area contributed by atoms with E-state index >= 15 is 0 Å². The Labute approximate surface area is 153 Å². The minimum atomic E-state index is -4.41. The number of halogens is 3. The van der Waals surface area contributed by atoms with Gasteiger partial charge in [0.1, 0.15) is 0 Å². The van der Waals surface area contributed by atoms with Crippen LogP contribution >= 0.6 is 0 Å². The summed E-state index contributed by atoms with van der Waals surface area (Å²) in [5, 5.41) is 7.66. The fourth-order valence-electron chi connectivity index (χ4n) is 2.73. The van der Waals surface area contributed by atoms with Crippen LogP contribution in [0.4, 0.5) is 13.2 Å². The third kappa shape index (κ3) is 5.04. The first-order valence-electron chi connectivity index (χ1n) is 8.34. The molecule has 1 amide bonds. The van der Waals surface area contributed by atoms with Gasteiger partial charge in [0.05, 0.1) is 44.2 Å². The molecule has 27 heavy (non-hydrogen) atoms. The summed E-state index contributed by atoms with van der Waals surface area (Å²) in [6, 6.07) is 4.95. The Morgan fingerprint density at radius 3 is 2.89 bits per heavy atom. The predicted octanol–water partition coefficient (Wildman–Crippen LogP) is 1.83. The third-order valence-corrected chi connectivity index (χ3v) is 4.07. The quantitative estimate of drug-likeness (QED) is 0.787. The van der Waals surface area contributed by atoms with E-state index in [4.69, 9.17) is 9.47 Å². The van der Waals surface area contributed by atoms with E-state index in [9.17, 15) is 18.0 Å². The van der Waals surface area contributed by atoms with E-state index < -0.39 is 11.7 Å². The van der Waals surface area contributed by atoms with E-state index in [0.29, 0.717) is 31.9 Å². The largest absolute Gasteiger partial charge is 0.416 e. The molecular formula is C17H19F3N4O3. The molecule has 7 nitrogen and oxygen atoms in total. The number of hydrogen-bond donors (Lipinski definition) is 0. The van der Waals surface area contributed by atoms with E-state index in [1.165, 1.54) is 21.8 Å². The number of ether oxygens (including phenoxy) is 2. The molecule has 0 spiro atoms. The zero-order valence-electron chi connectivity index (χ0n) is 14.6. The Hall–Kier alpha value is -2.46. The van der Waals surface area contributed by atoms with Crippen molar-refractivity contribution in [2.75, 3.05) is 33.4 Å². The van der Waals surface area contributed by atoms with Crippen molar-refractivity contribution in [3.63, 3.8) is 0 Å². The first-order valence-corrected chi connectivity index (χ1v) is 8.34. The van der Waals surface area contributed by atoms with Crippen LogP contribution in [0.15, 0.2) is 30.5 Å². The molecule has 1 aromatic heterocycles. The van der Waals surface area contributed by atoms with Gasteiger partial charge in [-0.1, -0.05) is 17.3 Å². The highest BCUT2D eigenvalue weighted by molar-refractivity contribution is 5.91. The Bertz CT molecular complexity index is 788. The number of amides is 1. The number of benzene rings is 1. The molecular weight excluding hydrogens is 365 g/mol. The maximum Gasteiger partial charge on any atom is 0.416 e. The molecule has 2 heterocycles. The molecule has 1 aliphatic rings. The molecule has 0 bridgehead atoms. The fourth-order valence-corrected chi connectivity index (χ4v) is 2.73. The van der Waals surface area contributed by atoms with E-state index in [2.05, 4.69) is 10.3 Å². The normalized spacial score (nSPS) is 17.7. The van der Waals surface area contributed by atoms with Crippen LogP contribution in [0.2, 0.25) is 0 Å². The summed E-state index contributed by atoms with van der Waals surface area (Å²) in [6.07, 6.45) is -3.20. The molecule has 0 N–H and O–H groups in total. The van der Waals surface area contributed by atoms with Gasteiger partial charge in [-0.3, -0.25) is 4.79 Å². The van der Waals surface area contributed by atoms with Gasteiger partial charge in [0.2, 0.25) is 0 Å². The van der Waals surface area contributed by atoms with Crippen LogP contribution in [0, 0.1) is 0 Å². The molecule has 1 aromatic carbocycles. The van der Waals surface area contributed by atoms with Gasteiger partial charge in [0.15, 0.2) is 5.69 Å². The molecule has 0 aliphatic carbocycles. The lowest BCUT2D eigenvalue weighted by Crippen LogP contribution is -2.40. The lowest BCUT2D eigenvalue weighted by atomic mass is 10.1. The number of carbonyl (C=O) groups is 1. The highest BCUT2D eigenvalue weighted by Gasteiger charge is 2.30. The van der Waals surface area contributed by atoms with E-state index in [0.717, 1.165) is 12.1 Å². The number of hydrogen-bond acceptors (Lipinski definition) is 5. The monoisotopic (exact) mass is 384 g/mol. The van der Waals surface area contributed by atoms with Crippen LogP contribution in [0.5, 0.6) is 0 Å². The molecule has 0 unspecified atom stereocenters. The third-order valence-electron chi connectivity index (χ3n) is 4.07. The molecule has 3 rings (SSSR count). The van der Waals surface area contributed by atoms with E-state index in [1.807, 2.05) is 0 Å². The van der Waals surface area contributed by atoms with Crippen molar-refractivity contribution in [2.24, 2.45) is 0 Å². The summed E-state index contributed by atoms with van der Waals surface area (Å²) >= 11 is 0. The smallest absolute Gasteiger partial charge is 0.376 e. The maximum absolute atomic E-state index is 12.8. The fraction of sp³-hybridized carbons (Fsp3) is 0.471. The van der Waals surface area contributed by atoms with Crippen molar-refractivity contribution in [3.05, 3.63) is 47.3 Å². The van der Waals surface area contributed by atoms with Crippen LogP contribution in [-0.4, -0.2) is 65.3 Å². The average molecular weight is 384 g/mol. The molecule has 1 aliphatic heterocycles.